The van der Waals surface area contributed by atoms with Crippen LogP contribution in [0.1, 0.15) is 120 Å². The second-order valence-corrected chi connectivity index (χ2v) is 60.6. The van der Waals surface area contributed by atoms with Gasteiger partial charge in [-0.1, -0.05) is 0 Å². The third kappa shape index (κ3) is 7.13. The van der Waals surface area contributed by atoms with Crippen molar-refractivity contribution in [3.05, 3.63) is 155 Å². The van der Waals surface area contributed by atoms with E-state index >= 15 is 0 Å². The molecule has 10 rings (SSSR count). The first-order valence-electron chi connectivity index (χ1n) is 23.5. The Kier molecular flexibility index (Phi) is 11.6. The van der Waals surface area contributed by atoms with Crippen LogP contribution in [0, 0.1) is 11.8 Å². The Bertz CT molecular complexity index is 2440. The maximum absolute atomic E-state index is 9.36. The number of hydrogen-bond donors (Lipinski definition) is 0. The molecule has 0 nitrogen and oxygen atoms in total. The summed E-state index contributed by atoms with van der Waals surface area (Å²) in [6.07, 6.45) is 22.1. The van der Waals surface area contributed by atoms with Gasteiger partial charge < -0.3 is 0 Å². The molecule has 3 atom stereocenters. The summed E-state index contributed by atoms with van der Waals surface area (Å²) in [5.41, 5.74) is 14.1. The molecule has 60 heavy (non-hydrogen) atoms. The monoisotopic (exact) mass is 921 g/mol. The number of halogens is 2. The van der Waals surface area contributed by atoms with Crippen molar-refractivity contribution in [2.24, 2.45) is 11.8 Å². The third-order valence-corrected chi connectivity index (χ3v) is 66.2. The summed E-state index contributed by atoms with van der Waals surface area (Å²) in [6, 6.07) is 47.1. The number of rotatable bonds is 11. The first-order valence-corrected chi connectivity index (χ1v) is 39.5. The SMILES string of the molecule is CCC[SiH](C)[Zr]([Cl])([Cl])([CH]1C(CC2CCCCC2)=Cc2c(-c3cccc4ccccc34)cccc21)[CH]1C(CC2CCCCC2)=Cc2c(-c3cccc4ccccc34)cccc21. The van der Waals surface area contributed by atoms with Crippen molar-refractivity contribution in [2.45, 2.75) is 110 Å². The van der Waals surface area contributed by atoms with Gasteiger partial charge in [-0.05, 0) is 0 Å². The predicted molar refractivity (Wildman–Crippen MR) is 262 cm³/mol. The normalized spacial score (nSPS) is 21.0. The van der Waals surface area contributed by atoms with Gasteiger partial charge in [0.2, 0.25) is 0 Å². The van der Waals surface area contributed by atoms with Gasteiger partial charge in [-0.2, -0.15) is 0 Å². The zero-order valence-electron chi connectivity index (χ0n) is 35.7. The summed E-state index contributed by atoms with van der Waals surface area (Å²) in [5, 5.41) is 5.22. The molecular formula is C56H61Cl2SiZr. The molecule has 0 aromatic heterocycles. The number of fused-ring (bicyclic) bond motifs is 4. The van der Waals surface area contributed by atoms with Gasteiger partial charge in [0.1, 0.15) is 0 Å². The van der Waals surface area contributed by atoms with Gasteiger partial charge >= 0.3 is 371 Å². The zero-order valence-corrected chi connectivity index (χ0v) is 40.9. The van der Waals surface area contributed by atoms with E-state index in [1.165, 1.54) is 136 Å². The Morgan fingerprint density at radius 3 is 1.35 bits per heavy atom. The summed E-state index contributed by atoms with van der Waals surface area (Å²) in [6.45, 7) is 5.01. The van der Waals surface area contributed by atoms with Gasteiger partial charge in [-0.15, -0.1) is 0 Å². The summed E-state index contributed by atoms with van der Waals surface area (Å²) in [4.78, 5) is 0. The topological polar surface area (TPSA) is 0 Å². The van der Waals surface area contributed by atoms with E-state index < -0.39 is 21.5 Å². The Morgan fingerprint density at radius 1 is 0.500 bits per heavy atom. The minimum absolute atomic E-state index is 0.113. The molecule has 4 aliphatic rings. The molecular weight excluding hydrogens is 863 g/mol. The fourth-order valence-corrected chi connectivity index (χ4v) is 54.1. The van der Waals surface area contributed by atoms with Crippen molar-refractivity contribution in [1.29, 1.82) is 0 Å². The van der Waals surface area contributed by atoms with Gasteiger partial charge in [0.05, 0.1) is 0 Å². The molecule has 0 spiro atoms. The van der Waals surface area contributed by atoms with Gasteiger partial charge in [-0.3, -0.25) is 0 Å². The van der Waals surface area contributed by atoms with E-state index in [-0.39, 0.29) is 7.25 Å². The van der Waals surface area contributed by atoms with E-state index in [9.17, 15) is 17.0 Å². The molecule has 0 radical (unpaired) electrons. The zero-order chi connectivity index (χ0) is 40.9. The van der Waals surface area contributed by atoms with Gasteiger partial charge in [-0.25, -0.2) is 0 Å². The van der Waals surface area contributed by atoms with Crippen molar-refractivity contribution in [2.75, 3.05) is 0 Å². The molecule has 3 unspecified atom stereocenters. The summed E-state index contributed by atoms with van der Waals surface area (Å²) >= 11 is -5.14. The predicted octanol–water partition coefficient (Wildman–Crippen LogP) is 17.6. The molecule has 6 aromatic rings. The standard InChI is InChI=1S/2C26H25.C4H11Si.2ClH.Zr/c2*1-2-8-19(9-3-1)16-20-17-22-12-7-15-25(26(22)18-20)24-14-6-11-21-10-4-5-13-23(21)24;1-3-4-5-2;;;/h2*4-7,10-15,17-19H,1-3,8-9,16H2;5H,3-4H2,1-2H3;2*1H;/q;;;;;+2/p-2. The van der Waals surface area contributed by atoms with Gasteiger partial charge in [0.25, 0.3) is 0 Å². The Hall–Kier alpha value is -3.00. The molecule has 0 aliphatic heterocycles. The average Bonchev–Trinajstić information content (AvgIpc) is 3.86. The number of benzene rings is 6. The molecule has 0 N–H and O–H groups in total. The summed E-state index contributed by atoms with van der Waals surface area (Å²) < 4.78 is 0.225. The third-order valence-electron chi connectivity index (χ3n) is 15.7. The van der Waals surface area contributed by atoms with Crippen LogP contribution >= 0.6 is 17.0 Å². The van der Waals surface area contributed by atoms with Crippen LogP contribution in [0.2, 0.25) is 12.6 Å². The van der Waals surface area contributed by atoms with Crippen LogP contribution in [0.15, 0.2) is 132 Å². The fraction of sp³-hybridized carbons (Fsp3) is 0.357. The number of allylic oxidation sites excluding steroid dienone is 2. The average molecular weight is 924 g/mol. The molecule has 0 bridgehead atoms. The quantitative estimate of drug-likeness (QED) is 0.114. The van der Waals surface area contributed by atoms with Gasteiger partial charge in [0, 0.05) is 0 Å². The summed E-state index contributed by atoms with van der Waals surface area (Å²) in [7, 11) is 18.7. The van der Waals surface area contributed by atoms with Gasteiger partial charge in [0.15, 0.2) is 0 Å². The molecule has 4 aliphatic carbocycles. The van der Waals surface area contributed by atoms with E-state index in [0.29, 0.717) is 11.8 Å². The van der Waals surface area contributed by atoms with Crippen molar-refractivity contribution < 1.29 is 15.6 Å². The van der Waals surface area contributed by atoms with Crippen molar-refractivity contribution in [3.63, 3.8) is 0 Å². The van der Waals surface area contributed by atoms with Crippen LogP contribution < -0.4 is 0 Å². The second kappa shape index (κ2) is 16.9. The Labute approximate surface area is 368 Å². The van der Waals surface area contributed by atoms with Crippen LogP contribution in [0.3, 0.4) is 0 Å². The Balaban J connectivity index is 1.21. The first kappa shape index (κ1) is 41.0. The van der Waals surface area contributed by atoms with E-state index in [0.717, 1.165) is 19.3 Å². The first-order chi connectivity index (χ1) is 29.3. The maximum atomic E-state index is 9.36. The molecule has 6 aromatic carbocycles. The van der Waals surface area contributed by atoms with Crippen molar-refractivity contribution >= 4 is 56.6 Å². The van der Waals surface area contributed by atoms with Crippen molar-refractivity contribution in [3.8, 4) is 22.3 Å². The molecule has 0 heterocycles. The Morgan fingerprint density at radius 2 is 0.900 bits per heavy atom. The van der Waals surface area contributed by atoms with Crippen molar-refractivity contribution in [1.82, 2.24) is 0 Å². The molecule has 307 valence electrons. The molecule has 0 amide bonds. The van der Waals surface area contributed by atoms with Crippen LogP contribution in [0.4, 0.5) is 0 Å². The van der Waals surface area contributed by atoms with E-state index in [1.54, 1.807) is 11.1 Å². The minimum atomic E-state index is -5.14. The van der Waals surface area contributed by atoms with Crippen LogP contribution in [-0.4, -0.2) is 5.92 Å². The van der Waals surface area contributed by atoms with Crippen LogP contribution in [0.5, 0.6) is 0 Å². The second-order valence-electron chi connectivity index (χ2n) is 19.3. The molecule has 4 heteroatoms. The fourth-order valence-electron chi connectivity index (χ4n) is 12.9. The van der Waals surface area contributed by atoms with Crippen LogP contribution in [-0.2, 0) is 15.6 Å². The van der Waals surface area contributed by atoms with E-state index in [2.05, 4.69) is 147 Å². The molecule has 2 saturated carbocycles. The number of hydrogen-bond acceptors (Lipinski definition) is 0. The van der Waals surface area contributed by atoms with Crippen LogP contribution in [0.25, 0.3) is 56.0 Å². The van der Waals surface area contributed by atoms with E-state index in [4.69, 9.17) is 0 Å². The summed E-state index contributed by atoms with van der Waals surface area (Å²) in [5.74, 6) is -0.364. The molecule has 2 fully saturated rings. The molecule has 0 saturated heterocycles. The van der Waals surface area contributed by atoms with E-state index in [1.807, 2.05) is 0 Å².